The lowest BCUT2D eigenvalue weighted by Gasteiger charge is -2.22. The number of nitriles is 1. The highest BCUT2D eigenvalue weighted by molar-refractivity contribution is 6.32. The number of nitrogens with zero attached hydrogens (tertiary/aromatic N) is 6. The highest BCUT2D eigenvalue weighted by atomic mass is 35.5. The molecule has 0 bridgehead atoms. The molecule has 0 amide bonds. The van der Waals surface area contributed by atoms with Gasteiger partial charge in [-0.2, -0.15) is 23.5 Å². The summed E-state index contributed by atoms with van der Waals surface area (Å²) >= 11 is 6.54. The van der Waals surface area contributed by atoms with Crippen LogP contribution in [0.1, 0.15) is 30.3 Å². The lowest BCUT2D eigenvalue weighted by Crippen LogP contribution is -2.28. The number of hydrogen-bond acceptors (Lipinski definition) is 9. The van der Waals surface area contributed by atoms with Gasteiger partial charge in [0.2, 0.25) is 0 Å². The Morgan fingerprint density at radius 2 is 2.08 bits per heavy atom. The van der Waals surface area contributed by atoms with E-state index < -0.39 is 24.4 Å². The number of anilines is 1. The molecule has 0 aliphatic carbocycles. The molecule has 192 valence electrons. The van der Waals surface area contributed by atoms with Crippen LogP contribution >= 0.6 is 11.6 Å². The number of halogens is 4. The summed E-state index contributed by atoms with van der Waals surface area (Å²) in [4.78, 5) is 26.6. The van der Waals surface area contributed by atoms with Crippen LogP contribution in [0.4, 0.5) is 19.0 Å². The van der Waals surface area contributed by atoms with Gasteiger partial charge in [-0.05, 0) is 25.5 Å². The Morgan fingerprint density at radius 3 is 2.76 bits per heavy atom. The summed E-state index contributed by atoms with van der Waals surface area (Å²) < 4.78 is 48.6. The Bertz CT molecular complexity index is 1510. The molecule has 0 saturated heterocycles. The smallest absolute Gasteiger partial charge is 0.491 e. The zero-order valence-corrected chi connectivity index (χ0v) is 20.2. The summed E-state index contributed by atoms with van der Waals surface area (Å²) in [5, 5.41) is 16.8. The first kappa shape index (κ1) is 25.7. The number of nitrogens with one attached hydrogen (secondary N) is 2. The molecule has 15 heteroatoms. The molecule has 1 aromatic carbocycles. The fraction of sp³-hybridized carbons (Fsp3) is 0.273. The van der Waals surface area contributed by atoms with Crippen molar-refractivity contribution in [1.29, 1.82) is 5.26 Å². The maximum absolute atomic E-state index is 12.6. The number of aromatic nitrogens is 6. The van der Waals surface area contributed by atoms with Crippen molar-refractivity contribution in [3.8, 4) is 22.9 Å². The number of alkyl halides is 3. The van der Waals surface area contributed by atoms with E-state index >= 15 is 0 Å². The minimum atomic E-state index is -5.26. The number of esters is 1. The third-order valence-electron chi connectivity index (χ3n) is 5.44. The topological polar surface area (TPSA) is 144 Å². The molecule has 2 unspecified atom stereocenters. The van der Waals surface area contributed by atoms with E-state index in [0.717, 1.165) is 4.68 Å². The minimum absolute atomic E-state index is 0.367. The fourth-order valence-corrected chi connectivity index (χ4v) is 3.91. The van der Waals surface area contributed by atoms with Crippen LogP contribution in [0, 0.1) is 18.3 Å². The SMILES string of the molecule is COc1c(C(C)Nc2ncnc3nc[nH]c23)cc(Cl)c(C)c1-c1cnn(C(C#N)OC(=O)C(F)(F)F)c1. The average molecular weight is 535 g/mol. The Hall–Kier alpha value is -4.38. The number of carbonyl (C=O) groups excluding carboxylic acids is 1. The van der Waals surface area contributed by atoms with E-state index in [1.54, 1.807) is 13.0 Å². The van der Waals surface area contributed by atoms with E-state index in [1.165, 1.54) is 38.2 Å². The van der Waals surface area contributed by atoms with E-state index in [0.29, 0.717) is 50.0 Å². The second-order valence-electron chi connectivity index (χ2n) is 7.76. The van der Waals surface area contributed by atoms with Crippen LogP contribution in [0.2, 0.25) is 5.02 Å². The highest BCUT2D eigenvalue weighted by Crippen LogP contribution is 2.43. The molecular formula is C22H18ClF3N8O3. The average Bonchev–Trinajstić information content (AvgIpc) is 3.53. The number of H-pyrrole nitrogens is 1. The molecule has 0 saturated carbocycles. The molecule has 11 nitrogen and oxygen atoms in total. The van der Waals surface area contributed by atoms with E-state index in [9.17, 15) is 23.2 Å². The molecule has 4 rings (SSSR count). The lowest BCUT2D eigenvalue weighted by atomic mass is 9.95. The van der Waals surface area contributed by atoms with Crippen LogP contribution in [0.3, 0.4) is 0 Å². The molecule has 2 atom stereocenters. The van der Waals surface area contributed by atoms with Gasteiger partial charge in [0.25, 0.3) is 6.23 Å². The van der Waals surface area contributed by atoms with Gasteiger partial charge in [0.15, 0.2) is 11.5 Å². The van der Waals surface area contributed by atoms with Gasteiger partial charge in [-0.1, -0.05) is 11.6 Å². The van der Waals surface area contributed by atoms with Crippen LogP contribution in [0.5, 0.6) is 5.75 Å². The van der Waals surface area contributed by atoms with Gasteiger partial charge in [-0.25, -0.2) is 24.4 Å². The van der Waals surface area contributed by atoms with Gasteiger partial charge in [0.05, 0.1) is 25.7 Å². The number of methoxy groups -OCH3 is 1. The van der Waals surface area contributed by atoms with Crippen LogP contribution in [-0.2, 0) is 9.53 Å². The van der Waals surface area contributed by atoms with Gasteiger partial charge >= 0.3 is 12.1 Å². The quantitative estimate of drug-likeness (QED) is 0.328. The highest BCUT2D eigenvalue weighted by Gasteiger charge is 2.43. The molecule has 0 radical (unpaired) electrons. The fourth-order valence-electron chi connectivity index (χ4n) is 3.69. The molecule has 37 heavy (non-hydrogen) atoms. The van der Waals surface area contributed by atoms with Gasteiger partial charge in [-0.3, -0.25) is 0 Å². The summed E-state index contributed by atoms with van der Waals surface area (Å²) in [6, 6.07) is 2.80. The number of rotatable bonds is 7. The standard InChI is InChI=1S/C22H18ClF3N8O3/c1-10-14(23)4-13(11(2)33-20-17-19(29-8-28-17)30-9-31-20)18(36-3)16(10)12-6-32-34(7-12)15(5-27)37-21(35)22(24,25)26/h4,6-9,11,15H,1-3H3,(H2,28,29,30,31,33). The monoisotopic (exact) mass is 534 g/mol. The van der Waals surface area contributed by atoms with E-state index in [4.69, 9.17) is 16.3 Å². The van der Waals surface area contributed by atoms with Gasteiger partial charge < -0.3 is 19.8 Å². The molecule has 3 heterocycles. The van der Waals surface area contributed by atoms with Crippen molar-refractivity contribution in [1.82, 2.24) is 29.7 Å². The number of aromatic amines is 1. The number of fused-ring (bicyclic) bond motifs is 1. The number of imidazole rings is 1. The molecular weight excluding hydrogens is 517 g/mol. The Morgan fingerprint density at radius 1 is 1.32 bits per heavy atom. The lowest BCUT2D eigenvalue weighted by molar-refractivity contribution is -0.206. The second-order valence-corrected chi connectivity index (χ2v) is 8.17. The predicted molar refractivity (Wildman–Crippen MR) is 124 cm³/mol. The molecule has 4 aromatic rings. The zero-order valence-electron chi connectivity index (χ0n) is 19.5. The molecule has 2 N–H and O–H groups in total. The Balaban J connectivity index is 1.72. The van der Waals surface area contributed by atoms with Crippen molar-refractivity contribution >= 4 is 34.6 Å². The molecule has 0 aliphatic rings. The maximum Gasteiger partial charge on any atom is 0.491 e. The minimum Gasteiger partial charge on any atom is -0.496 e. The van der Waals surface area contributed by atoms with Crippen LogP contribution in [0.15, 0.2) is 31.1 Å². The summed E-state index contributed by atoms with van der Waals surface area (Å²) in [6.07, 6.45) is -1.78. The number of hydrogen-bond donors (Lipinski definition) is 2. The first-order valence-corrected chi connectivity index (χ1v) is 10.9. The van der Waals surface area contributed by atoms with Crippen molar-refractivity contribution in [3.05, 3.63) is 47.3 Å². The van der Waals surface area contributed by atoms with Gasteiger partial charge in [-0.15, -0.1) is 0 Å². The van der Waals surface area contributed by atoms with Crippen molar-refractivity contribution in [2.45, 2.75) is 32.3 Å². The number of ether oxygens (including phenoxy) is 2. The van der Waals surface area contributed by atoms with Crippen LogP contribution in [-0.4, -0.2) is 49.0 Å². The van der Waals surface area contributed by atoms with E-state index in [2.05, 4.69) is 35.1 Å². The largest absolute Gasteiger partial charge is 0.496 e. The summed E-state index contributed by atoms with van der Waals surface area (Å²) in [7, 11) is 1.45. The Labute approximate surface area is 212 Å². The van der Waals surface area contributed by atoms with Crippen LogP contribution in [0.25, 0.3) is 22.3 Å². The first-order valence-electron chi connectivity index (χ1n) is 10.5. The Kier molecular flexibility index (Phi) is 6.90. The third-order valence-corrected chi connectivity index (χ3v) is 5.84. The molecule has 0 spiro atoms. The summed E-state index contributed by atoms with van der Waals surface area (Å²) in [5.74, 6) is -1.62. The van der Waals surface area contributed by atoms with Crippen molar-refractivity contribution < 1.29 is 27.4 Å². The predicted octanol–water partition coefficient (Wildman–Crippen LogP) is 4.49. The van der Waals surface area contributed by atoms with Crippen molar-refractivity contribution in [3.63, 3.8) is 0 Å². The third kappa shape index (κ3) is 4.98. The number of carbonyl (C=O) groups is 1. The number of benzene rings is 1. The van der Waals surface area contributed by atoms with Crippen molar-refractivity contribution in [2.24, 2.45) is 0 Å². The first-order chi connectivity index (χ1) is 17.5. The zero-order chi connectivity index (χ0) is 26.9. The van der Waals surface area contributed by atoms with Crippen molar-refractivity contribution in [2.75, 3.05) is 12.4 Å². The van der Waals surface area contributed by atoms with Gasteiger partial charge in [0, 0.05) is 27.9 Å². The second kappa shape index (κ2) is 9.94. The molecule has 3 aromatic heterocycles. The van der Waals surface area contributed by atoms with Crippen LogP contribution < -0.4 is 10.1 Å². The van der Waals surface area contributed by atoms with Gasteiger partial charge in [0.1, 0.15) is 23.7 Å². The molecule has 0 fully saturated rings. The van der Waals surface area contributed by atoms with E-state index in [-0.39, 0.29) is 0 Å². The molecule has 0 aliphatic heterocycles. The normalized spacial score (nSPS) is 13.1. The van der Waals surface area contributed by atoms with E-state index in [1.807, 2.05) is 6.92 Å². The summed E-state index contributed by atoms with van der Waals surface area (Å²) in [5.41, 5.74) is 3.15. The summed E-state index contributed by atoms with van der Waals surface area (Å²) in [6.45, 7) is 3.58. The maximum atomic E-state index is 12.6.